The molecule has 0 heterocycles. The topological polar surface area (TPSA) is 49.3 Å². The number of thioether (sulfide) groups is 1. The quantitative estimate of drug-likeness (QED) is 0.798. The molecule has 1 atom stereocenters. The first-order chi connectivity index (χ1) is 8.65. The molecule has 2 N–H and O–H groups in total. The number of aliphatic hydroxyl groups is 1. The molecule has 0 saturated heterocycles. The molecular weight excluding hydrogens is 246 g/mol. The lowest BCUT2D eigenvalue weighted by Gasteiger charge is -2.10. The summed E-state index contributed by atoms with van der Waals surface area (Å²) >= 11 is 1.57. The number of amides is 1. The van der Waals surface area contributed by atoms with Crippen molar-refractivity contribution in [2.45, 2.75) is 31.9 Å². The monoisotopic (exact) mass is 267 g/mol. The predicted molar refractivity (Wildman–Crippen MR) is 78.1 cm³/mol. The third-order valence-electron chi connectivity index (χ3n) is 2.65. The van der Waals surface area contributed by atoms with Crippen molar-refractivity contribution in [2.24, 2.45) is 0 Å². The summed E-state index contributed by atoms with van der Waals surface area (Å²) in [4.78, 5) is 11.7. The molecule has 1 aromatic carbocycles. The number of aryl methyl sites for hydroxylation is 1. The molecule has 0 spiro atoms. The Morgan fingerprint density at radius 3 is 2.94 bits per heavy atom. The predicted octanol–water partition coefficient (Wildman–Crippen LogP) is 2.69. The van der Waals surface area contributed by atoms with Gasteiger partial charge in [-0.3, -0.25) is 4.79 Å². The molecule has 0 bridgehead atoms. The Labute approximate surface area is 113 Å². The van der Waals surface area contributed by atoms with Gasteiger partial charge in [-0.05, 0) is 30.5 Å². The molecule has 4 heteroatoms. The van der Waals surface area contributed by atoms with E-state index < -0.39 is 0 Å². The Bertz CT molecular complexity index is 382. The number of anilines is 1. The fourth-order valence-corrected chi connectivity index (χ4v) is 2.33. The third kappa shape index (κ3) is 5.56. The van der Waals surface area contributed by atoms with E-state index in [1.165, 1.54) is 5.56 Å². The highest BCUT2D eigenvalue weighted by atomic mass is 32.2. The molecule has 1 rings (SSSR count). The summed E-state index contributed by atoms with van der Waals surface area (Å²) in [7, 11) is 0. The first-order valence-corrected chi connectivity index (χ1v) is 7.31. The minimum atomic E-state index is 0.0121. The third-order valence-corrected chi connectivity index (χ3v) is 3.89. The number of carbonyl (C=O) groups excluding carboxylic acids is 1. The average molecular weight is 267 g/mol. The van der Waals surface area contributed by atoms with Gasteiger partial charge in [-0.15, -0.1) is 11.8 Å². The Kier molecular flexibility index (Phi) is 6.83. The van der Waals surface area contributed by atoms with Crippen molar-refractivity contribution in [2.75, 3.05) is 17.7 Å². The second kappa shape index (κ2) is 8.16. The fourth-order valence-electron chi connectivity index (χ4n) is 1.55. The highest BCUT2D eigenvalue weighted by Crippen LogP contribution is 2.15. The van der Waals surface area contributed by atoms with Gasteiger partial charge in [-0.2, -0.15) is 0 Å². The molecule has 0 aliphatic heterocycles. The summed E-state index contributed by atoms with van der Waals surface area (Å²) in [6, 6.07) is 7.91. The van der Waals surface area contributed by atoms with Crippen molar-refractivity contribution in [1.29, 1.82) is 0 Å². The lowest BCUT2D eigenvalue weighted by atomic mass is 10.1. The highest BCUT2D eigenvalue weighted by molar-refractivity contribution is 8.00. The molecule has 0 radical (unpaired) electrons. The number of rotatable bonds is 7. The summed E-state index contributed by atoms with van der Waals surface area (Å²) < 4.78 is 0. The fraction of sp³-hybridized carbons (Fsp3) is 0.500. The maximum absolute atomic E-state index is 11.7. The number of nitrogens with one attached hydrogen (secondary N) is 1. The van der Waals surface area contributed by atoms with E-state index in [9.17, 15) is 4.79 Å². The van der Waals surface area contributed by atoms with E-state index in [4.69, 9.17) is 5.11 Å². The van der Waals surface area contributed by atoms with E-state index in [1.54, 1.807) is 11.8 Å². The van der Waals surface area contributed by atoms with Gasteiger partial charge in [0.2, 0.25) is 5.91 Å². The Balaban J connectivity index is 2.39. The van der Waals surface area contributed by atoms with E-state index in [-0.39, 0.29) is 12.5 Å². The Morgan fingerprint density at radius 2 is 2.28 bits per heavy atom. The molecule has 1 amide bonds. The van der Waals surface area contributed by atoms with E-state index in [2.05, 4.69) is 12.2 Å². The molecule has 0 aromatic heterocycles. The van der Waals surface area contributed by atoms with Crippen LogP contribution >= 0.6 is 11.8 Å². The molecule has 1 aromatic rings. The number of hydrogen-bond donors (Lipinski definition) is 2. The first-order valence-electron chi connectivity index (χ1n) is 6.27. The maximum atomic E-state index is 11.7. The zero-order chi connectivity index (χ0) is 13.4. The van der Waals surface area contributed by atoms with Crippen molar-refractivity contribution in [3.63, 3.8) is 0 Å². The molecule has 0 saturated carbocycles. The molecule has 3 nitrogen and oxygen atoms in total. The zero-order valence-corrected chi connectivity index (χ0v) is 11.8. The van der Waals surface area contributed by atoms with Crippen molar-refractivity contribution >= 4 is 23.4 Å². The van der Waals surface area contributed by atoms with E-state index in [0.29, 0.717) is 11.0 Å². The largest absolute Gasteiger partial charge is 0.396 e. The number of benzene rings is 1. The van der Waals surface area contributed by atoms with E-state index >= 15 is 0 Å². The van der Waals surface area contributed by atoms with Crippen molar-refractivity contribution in [3.8, 4) is 0 Å². The number of hydrogen-bond acceptors (Lipinski definition) is 3. The van der Waals surface area contributed by atoms with Crippen LogP contribution in [0.4, 0.5) is 5.69 Å². The first kappa shape index (κ1) is 15.1. The van der Waals surface area contributed by atoms with Crippen molar-refractivity contribution in [3.05, 3.63) is 29.8 Å². The minimum absolute atomic E-state index is 0.0121. The lowest BCUT2D eigenvalue weighted by molar-refractivity contribution is -0.113. The maximum Gasteiger partial charge on any atom is 0.234 e. The lowest BCUT2D eigenvalue weighted by Crippen LogP contribution is -2.16. The number of carbonyl (C=O) groups is 1. The highest BCUT2D eigenvalue weighted by Gasteiger charge is 2.07. The normalized spacial score (nSPS) is 12.2. The molecule has 1 unspecified atom stereocenters. The molecule has 0 aliphatic carbocycles. The van der Waals surface area contributed by atoms with Crippen LogP contribution in [0.2, 0.25) is 0 Å². The average Bonchev–Trinajstić information content (AvgIpc) is 2.37. The van der Waals surface area contributed by atoms with Crippen LogP contribution in [0.25, 0.3) is 0 Å². The smallest absolute Gasteiger partial charge is 0.234 e. The number of aliphatic hydroxyl groups excluding tert-OH is 1. The molecule has 18 heavy (non-hydrogen) atoms. The summed E-state index contributed by atoms with van der Waals surface area (Å²) in [5.41, 5.74) is 2.07. The van der Waals surface area contributed by atoms with Crippen LogP contribution in [-0.2, 0) is 11.2 Å². The SMILES string of the molecule is CCc1cccc(NC(=O)CSC(C)CCO)c1. The van der Waals surface area contributed by atoms with Crippen LogP contribution in [-0.4, -0.2) is 28.6 Å². The van der Waals surface area contributed by atoms with Gasteiger partial charge in [0.25, 0.3) is 0 Å². The molecular formula is C14H21NO2S. The van der Waals surface area contributed by atoms with Crippen LogP contribution in [0.3, 0.4) is 0 Å². The van der Waals surface area contributed by atoms with Crippen LogP contribution in [0.1, 0.15) is 25.8 Å². The van der Waals surface area contributed by atoms with Crippen molar-refractivity contribution < 1.29 is 9.90 Å². The van der Waals surface area contributed by atoms with Gasteiger partial charge in [-0.1, -0.05) is 26.0 Å². The van der Waals surface area contributed by atoms with Crippen LogP contribution in [0.15, 0.2) is 24.3 Å². The van der Waals surface area contributed by atoms with Crippen LogP contribution < -0.4 is 5.32 Å². The Morgan fingerprint density at radius 1 is 1.50 bits per heavy atom. The summed E-state index contributed by atoms with van der Waals surface area (Å²) in [5, 5.41) is 12.0. The zero-order valence-electron chi connectivity index (χ0n) is 11.0. The summed E-state index contributed by atoms with van der Waals surface area (Å²) in [6.07, 6.45) is 1.69. The van der Waals surface area contributed by atoms with Crippen LogP contribution in [0, 0.1) is 0 Å². The van der Waals surface area contributed by atoms with Gasteiger partial charge >= 0.3 is 0 Å². The Hall–Kier alpha value is -1.00. The van der Waals surface area contributed by atoms with Gasteiger partial charge < -0.3 is 10.4 Å². The van der Waals surface area contributed by atoms with Gasteiger partial charge in [-0.25, -0.2) is 0 Å². The van der Waals surface area contributed by atoms with Gasteiger partial charge in [0, 0.05) is 17.5 Å². The van der Waals surface area contributed by atoms with Gasteiger partial charge in [0.05, 0.1) is 5.75 Å². The van der Waals surface area contributed by atoms with Gasteiger partial charge in [0.15, 0.2) is 0 Å². The minimum Gasteiger partial charge on any atom is -0.396 e. The van der Waals surface area contributed by atoms with E-state index in [0.717, 1.165) is 18.5 Å². The molecule has 0 aliphatic rings. The van der Waals surface area contributed by atoms with E-state index in [1.807, 2.05) is 31.2 Å². The van der Waals surface area contributed by atoms with Crippen LogP contribution in [0.5, 0.6) is 0 Å². The second-order valence-corrected chi connectivity index (χ2v) is 5.66. The molecule has 0 fully saturated rings. The standard InChI is InChI=1S/C14H21NO2S/c1-3-12-5-4-6-13(9-12)15-14(17)10-18-11(2)7-8-16/h4-6,9,11,16H,3,7-8,10H2,1-2H3,(H,15,17). The second-order valence-electron chi connectivity index (χ2n) is 4.24. The van der Waals surface area contributed by atoms with Crippen molar-refractivity contribution in [1.82, 2.24) is 0 Å². The summed E-state index contributed by atoms with van der Waals surface area (Å²) in [6.45, 7) is 4.29. The van der Waals surface area contributed by atoms with Gasteiger partial charge in [0.1, 0.15) is 0 Å². The summed E-state index contributed by atoms with van der Waals surface area (Å²) in [5.74, 6) is 0.440. The molecule has 100 valence electrons.